The number of hydrogen-bond acceptors (Lipinski definition) is 4. The van der Waals surface area contributed by atoms with Crippen LogP contribution in [0.2, 0.25) is 0 Å². The lowest BCUT2D eigenvalue weighted by Crippen LogP contribution is -2.33. The van der Waals surface area contributed by atoms with Gasteiger partial charge in [0.2, 0.25) is 5.95 Å². The van der Waals surface area contributed by atoms with Crippen LogP contribution in [0, 0.1) is 6.92 Å². The van der Waals surface area contributed by atoms with Gasteiger partial charge in [-0.05, 0) is 19.4 Å². The average Bonchev–Trinajstić information content (AvgIpc) is 2.17. The first-order valence-corrected chi connectivity index (χ1v) is 4.27. The second-order valence-corrected chi connectivity index (χ2v) is 3.20. The van der Waals surface area contributed by atoms with Crippen molar-refractivity contribution in [1.29, 1.82) is 0 Å². The van der Waals surface area contributed by atoms with Crippen LogP contribution in [0.25, 0.3) is 0 Å². The van der Waals surface area contributed by atoms with Crippen molar-refractivity contribution in [2.75, 3.05) is 18.6 Å². The van der Waals surface area contributed by atoms with E-state index in [4.69, 9.17) is 5.11 Å². The fraction of sp³-hybridized carbons (Fsp3) is 0.556. The summed E-state index contributed by atoms with van der Waals surface area (Å²) in [6.07, 6.45) is 3.53. The third-order valence-corrected chi connectivity index (χ3v) is 2.01. The van der Waals surface area contributed by atoms with E-state index in [0.29, 0.717) is 5.95 Å². The predicted molar refractivity (Wildman–Crippen MR) is 51.7 cm³/mol. The van der Waals surface area contributed by atoms with E-state index in [1.54, 1.807) is 12.4 Å². The van der Waals surface area contributed by atoms with Gasteiger partial charge in [0.15, 0.2) is 0 Å². The van der Waals surface area contributed by atoms with Crippen LogP contribution in [-0.4, -0.2) is 34.8 Å². The van der Waals surface area contributed by atoms with Crippen molar-refractivity contribution in [3.63, 3.8) is 0 Å². The van der Waals surface area contributed by atoms with Crippen molar-refractivity contribution in [2.45, 2.75) is 19.9 Å². The van der Waals surface area contributed by atoms with Gasteiger partial charge in [-0.25, -0.2) is 9.97 Å². The molecule has 1 N–H and O–H groups in total. The van der Waals surface area contributed by atoms with Crippen LogP contribution in [0.4, 0.5) is 5.95 Å². The van der Waals surface area contributed by atoms with Crippen LogP contribution >= 0.6 is 0 Å². The number of rotatable bonds is 3. The molecule has 1 unspecified atom stereocenters. The Hall–Kier alpha value is -1.16. The molecule has 1 atom stereocenters. The van der Waals surface area contributed by atoms with Gasteiger partial charge in [0.05, 0.1) is 12.6 Å². The smallest absolute Gasteiger partial charge is 0.225 e. The van der Waals surface area contributed by atoms with E-state index in [-0.39, 0.29) is 12.6 Å². The van der Waals surface area contributed by atoms with Gasteiger partial charge in [0, 0.05) is 19.4 Å². The molecular weight excluding hydrogens is 166 g/mol. The van der Waals surface area contributed by atoms with E-state index >= 15 is 0 Å². The van der Waals surface area contributed by atoms with E-state index in [2.05, 4.69) is 9.97 Å². The number of aromatic nitrogens is 2. The first-order valence-electron chi connectivity index (χ1n) is 4.27. The van der Waals surface area contributed by atoms with Crippen LogP contribution in [0.3, 0.4) is 0 Å². The first kappa shape index (κ1) is 9.92. The fourth-order valence-electron chi connectivity index (χ4n) is 0.888. The Balaban J connectivity index is 2.77. The van der Waals surface area contributed by atoms with Crippen molar-refractivity contribution >= 4 is 5.95 Å². The second kappa shape index (κ2) is 4.18. The Morgan fingerprint density at radius 2 is 2.00 bits per heavy atom. The molecule has 72 valence electrons. The van der Waals surface area contributed by atoms with Gasteiger partial charge < -0.3 is 10.0 Å². The lowest BCUT2D eigenvalue weighted by molar-refractivity contribution is 0.269. The van der Waals surface area contributed by atoms with Crippen LogP contribution in [0.15, 0.2) is 12.4 Å². The number of aryl methyl sites for hydroxylation is 1. The third-order valence-electron chi connectivity index (χ3n) is 2.01. The zero-order valence-corrected chi connectivity index (χ0v) is 8.23. The molecule has 0 aliphatic rings. The van der Waals surface area contributed by atoms with Crippen molar-refractivity contribution in [3.8, 4) is 0 Å². The van der Waals surface area contributed by atoms with Gasteiger partial charge in [0.25, 0.3) is 0 Å². The molecule has 0 aliphatic heterocycles. The zero-order valence-electron chi connectivity index (χ0n) is 8.23. The molecule has 0 spiro atoms. The molecule has 0 radical (unpaired) electrons. The Kier molecular flexibility index (Phi) is 3.19. The maximum absolute atomic E-state index is 8.92. The maximum atomic E-state index is 8.92. The van der Waals surface area contributed by atoms with Crippen molar-refractivity contribution in [2.24, 2.45) is 0 Å². The molecule has 1 aromatic rings. The van der Waals surface area contributed by atoms with Crippen LogP contribution in [0.1, 0.15) is 12.5 Å². The minimum Gasteiger partial charge on any atom is -0.394 e. The quantitative estimate of drug-likeness (QED) is 0.742. The molecule has 4 heteroatoms. The van der Waals surface area contributed by atoms with Crippen molar-refractivity contribution < 1.29 is 5.11 Å². The number of hydrogen-bond donors (Lipinski definition) is 1. The van der Waals surface area contributed by atoms with Gasteiger partial charge in [-0.15, -0.1) is 0 Å². The van der Waals surface area contributed by atoms with Gasteiger partial charge in [-0.1, -0.05) is 0 Å². The molecule has 0 saturated heterocycles. The highest BCUT2D eigenvalue weighted by Gasteiger charge is 2.10. The molecule has 13 heavy (non-hydrogen) atoms. The molecule has 0 aromatic carbocycles. The molecule has 1 heterocycles. The number of aliphatic hydroxyl groups excluding tert-OH is 1. The van der Waals surface area contributed by atoms with Gasteiger partial charge >= 0.3 is 0 Å². The summed E-state index contributed by atoms with van der Waals surface area (Å²) in [4.78, 5) is 10.1. The number of likely N-dealkylation sites (N-methyl/N-ethyl adjacent to an activating group) is 1. The van der Waals surface area contributed by atoms with Crippen molar-refractivity contribution in [1.82, 2.24) is 9.97 Å². The fourth-order valence-corrected chi connectivity index (χ4v) is 0.888. The highest BCUT2D eigenvalue weighted by molar-refractivity contribution is 5.29. The van der Waals surface area contributed by atoms with E-state index < -0.39 is 0 Å². The maximum Gasteiger partial charge on any atom is 0.225 e. The molecule has 0 bridgehead atoms. The molecule has 0 aliphatic carbocycles. The Labute approximate surface area is 78.2 Å². The van der Waals surface area contributed by atoms with Gasteiger partial charge in [-0.2, -0.15) is 0 Å². The SMILES string of the molecule is Cc1cnc(N(C)C(C)CO)nc1. The molecule has 4 nitrogen and oxygen atoms in total. The Morgan fingerprint density at radius 1 is 1.46 bits per heavy atom. The lowest BCUT2D eigenvalue weighted by Gasteiger charge is -2.22. The predicted octanol–water partition coefficient (Wildman–Crippen LogP) is 0.602. The zero-order chi connectivity index (χ0) is 9.84. The topological polar surface area (TPSA) is 49.2 Å². The molecule has 0 amide bonds. The minimum atomic E-state index is 0.0442. The van der Waals surface area contributed by atoms with Gasteiger partial charge in [-0.3, -0.25) is 0 Å². The summed E-state index contributed by atoms with van der Waals surface area (Å²) in [5.74, 6) is 0.646. The summed E-state index contributed by atoms with van der Waals surface area (Å²) in [5, 5.41) is 8.92. The number of nitrogens with zero attached hydrogens (tertiary/aromatic N) is 3. The van der Waals surface area contributed by atoms with E-state index in [1.807, 2.05) is 25.8 Å². The average molecular weight is 181 g/mol. The molecular formula is C9H15N3O. The molecule has 1 aromatic heterocycles. The Morgan fingerprint density at radius 3 is 2.46 bits per heavy atom. The summed E-state index contributed by atoms with van der Waals surface area (Å²) in [6.45, 7) is 3.97. The molecule has 1 rings (SSSR count). The standard InChI is InChI=1S/C9H15N3O/c1-7-4-10-9(11-5-7)12(3)8(2)6-13/h4-5,8,13H,6H2,1-3H3. The van der Waals surface area contributed by atoms with Crippen molar-refractivity contribution in [3.05, 3.63) is 18.0 Å². The van der Waals surface area contributed by atoms with E-state index in [1.165, 1.54) is 0 Å². The lowest BCUT2D eigenvalue weighted by atomic mass is 10.3. The highest BCUT2D eigenvalue weighted by atomic mass is 16.3. The number of aliphatic hydroxyl groups is 1. The van der Waals surface area contributed by atoms with Gasteiger partial charge in [0.1, 0.15) is 0 Å². The minimum absolute atomic E-state index is 0.0442. The molecule has 0 fully saturated rings. The third kappa shape index (κ3) is 2.39. The second-order valence-electron chi connectivity index (χ2n) is 3.20. The monoisotopic (exact) mass is 181 g/mol. The Bertz CT molecular complexity index is 260. The van der Waals surface area contributed by atoms with Crippen LogP contribution in [0.5, 0.6) is 0 Å². The molecule has 0 saturated carbocycles. The van der Waals surface area contributed by atoms with Crippen LogP contribution < -0.4 is 4.90 Å². The van der Waals surface area contributed by atoms with E-state index in [0.717, 1.165) is 5.56 Å². The summed E-state index contributed by atoms with van der Waals surface area (Å²) in [6, 6.07) is 0.0442. The summed E-state index contributed by atoms with van der Waals surface area (Å²) < 4.78 is 0. The normalized spacial score (nSPS) is 12.6. The first-order chi connectivity index (χ1) is 6.15. The highest BCUT2D eigenvalue weighted by Crippen LogP contribution is 2.07. The number of anilines is 1. The summed E-state index contributed by atoms with van der Waals surface area (Å²) in [5.41, 5.74) is 1.04. The van der Waals surface area contributed by atoms with E-state index in [9.17, 15) is 0 Å². The largest absolute Gasteiger partial charge is 0.394 e. The van der Waals surface area contributed by atoms with Crippen LogP contribution in [-0.2, 0) is 0 Å². The summed E-state index contributed by atoms with van der Waals surface area (Å²) >= 11 is 0. The summed E-state index contributed by atoms with van der Waals surface area (Å²) in [7, 11) is 1.87.